The fraction of sp³-hybridized carbons (Fsp3) is 0.444. The third-order valence-corrected chi connectivity index (χ3v) is 8.08. The van der Waals surface area contributed by atoms with Crippen LogP contribution < -0.4 is 5.43 Å². The molecule has 5 nitrogen and oxygen atoms in total. The molecule has 7 heteroatoms. The van der Waals surface area contributed by atoms with Crippen molar-refractivity contribution < 1.29 is 9.18 Å². The van der Waals surface area contributed by atoms with Gasteiger partial charge < -0.3 is 5.43 Å². The second-order valence-electron chi connectivity index (χ2n) is 10.4. The monoisotopic (exact) mass is 478 g/mol. The van der Waals surface area contributed by atoms with Gasteiger partial charge in [0.15, 0.2) is 11.6 Å². The van der Waals surface area contributed by atoms with Crippen molar-refractivity contribution in [2.75, 3.05) is 5.43 Å². The molecule has 2 atom stereocenters. The molecule has 0 amide bonds. The van der Waals surface area contributed by atoms with Gasteiger partial charge in [-0.25, -0.2) is 9.07 Å². The third kappa shape index (κ3) is 4.50. The minimum absolute atomic E-state index is 0.0357. The molecule has 1 aliphatic heterocycles. The molecular weight excluding hydrogens is 447 g/mol. The van der Waals surface area contributed by atoms with Crippen molar-refractivity contribution >= 4 is 17.5 Å². The van der Waals surface area contributed by atoms with E-state index in [0.717, 1.165) is 11.4 Å². The van der Waals surface area contributed by atoms with Crippen LogP contribution in [-0.2, 0) is 5.41 Å². The Labute approximate surface area is 204 Å². The fourth-order valence-corrected chi connectivity index (χ4v) is 6.14. The average molecular weight is 479 g/mol. The Morgan fingerprint density at radius 3 is 2.26 bits per heavy atom. The molecule has 5 rings (SSSR count). The maximum atomic E-state index is 13.8. The molecule has 0 unspecified atom stereocenters. The molecule has 0 saturated heterocycles. The Bertz CT molecular complexity index is 1160. The SMILES string of the molecule is CC(C)(C)c1nnc2n1N[C@H](c1ccc(F)cc1)[C@H](C(=O)c1ccc(C3CCCCC3)cc1)S2. The Morgan fingerprint density at radius 1 is 0.971 bits per heavy atom. The summed E-state index contributed by atoms with van der Waals surface area (Å²) in [6.07, 6.45) is 6.35. The topological polar surface area (TPSA) is 59.8 Å². The highest BCUT2D eigenvalue weighted by Gasteiger charge is 2.39. The highest BCUT2D eigenvalue weighted by molar-refractivity contribution is 8.00. The van der Waals surface area contributed by atoms with E-state index >= 15 is 0 Å². The number of rotatable bonds is 4. The Kier molecular flexibility index (Phi) is 6.23. The van der Waals surface area contributed by atoms with Gasteiger partial charge >= 0.3 is 0 Å². The zero-order valence-corrected chi connectivity index (χ0v) is 20.7. The molecule has 0 bridgehead atoms. The summed E-state index contributed by atoms with van der Waals surface area (Å²) in [6, 6.07) is 14.2. The smallest absolute Gasteiger partial charge is 0.210 e. The predicted octanol–water partition coefficient (Wildman–Crippen LogP) is 6.40. The van der Waals surface area contributed by atoms with Crippen LogP contribution in [0.25, 0.3) is 0 Å². The van der Waals surface area contributed by atoms with Crippen molar-refractivity contribution in [1.82, 2.24) is 14.9 Å². The lowest BCUT2D eigenvalue weighted by Gasteiger charge is -2.34. The standard InChI is InChI=1S/C27H31FN4OS/c1-27(2,3)25-29-30-26-32(25)31-22(19-13-15-21(28)16-14-19)24(34-26)23(33)20-11-9-18(10-12-20)17-7-5-4-6-8-17/h9-17,22,24,31H,4-8H2,1-3H3/t22-,24-/m1/s1. The van der Waals surface area contributed by atoms with Crippen LogP contribution in [0.3, 0.4) is 0 Å². The first-order valence-corrected chi connectivity index (χ1v) is 13.0. The summed E-state index contributed by atoms with van der Waals surface area (Å²) < 4.78 is 15.5. The summed E-state index contributed by atoms with van der Waals surface area (Å²) in [4.78, 5) is 13.8. The molecular formula is C27H31FN4OS. The van der Waals surface area contributed by atoms with Crippen molar-refractivity contribution in [1.29, 1.82) is 0 Å². The fourth-order valence-electron chi connectivity index (χ4n) is 4.98. The summed E-state index contributed by atoms with van der Waals surface area (Å²) in [5, 5.41) is 8.99. The van der Waals surface area contributed by atoms with Crippen LogP contribution >= 0.6 is 11.8 Å². The van der Waals surface area contributed by atoms with Crippen molar-refractivity contribution in [3.05, 3.63) is 76.9 Å². The molecule has 1 saturated carbocycles. The number of nitrogens with zero attached hydrogens (tertiary/aromatic N) is 3. The predicted molar refractivity (Wildman–Crippen MR) is 133 cm³/mol. The van der Waals surface area contributed by atoms with Gasteiger partial charge in [-0.2, -0.15) is 0 Å². The number of nitrogens with one attached hydrogen (secondary N) is 1. The van der Waals surface area contributed by atoms with Gasteiger partial charge in [-0.15, -0.1) is 10.2 Å². The number of thioether (sulfide) groups is 1. The molecule has 1 N–H and O–H groups in total. The van der Waals surface area contributed by atoms with Gasteiger partial charge in [0, 0.05) is 11.0 Å². The van der Waals surface area contributed by atoms with Crippen LogP contribution in [0.5, 0.6) is 0 Å². The van der Waals surface area contributed by atoms with E-state index in [0.29, 0.717) is 16.6 Å². The zero-order valence-electron chi connectivity index (χ0n) is 19.9. The number of benzene rings is 2. The van der Waals surface area contributed by atoms with Crippen LogP contribution in [-0.4, -0.2) is 25.9 Å². The maximum absolute atomic E-state index is 13.8. The van der Waals surface area contributed by atoms with Gasteiger partial charge in [0.25, 0.3) is 0 Å². The highest BCUT2D eigenvalue weighted by Crippen LogP contribution is 2.40. The summed E-state index contributed by atoms with van der Waals surface area (Å²) in [5.41, 5.74) is 6.13. The minimum atomic E-state index is -0.449. The lowest BCUT2D eigenvalue weighted by molar-refractivity contribution is 0.0980. The Morgan fingerprint density at radius 2 is 1.62 bits per heavy atom. The van der Waals surface area contributed by atoms with E-state index in [1.54, 1.807) is 12.1 Å². The molecule has 3 aromatic rings. The molecule has 2 aromatic carbocycles. The van der Waals surface area contributed by atoms with Crippen molar-refractivity contribution in [3.8, 4) is 0 Å². The summed E-state index contributed by atoms with van der Waals surface area (Å²) in [7, 11) is 0. The van der Waals surface area contributed by atoms with E-state index in [1.807, 2.05) is 16.8 Å². The minimum Gasteiger partial charge on any atom is -0.313 e. The molecule has 178 valence electrons. The number of hydrogen-bond acceptors (Lipinski definition) is 5. The first kappa shape index (κ1) is 23.1. The van der Waals surface area contributed by atoms with E-state index in [-0.39, 0.29) is 23.1 Å². The molecule has 1 aliphatic carbocycles. The number of carbonyl (C=O) groups is 1. The van der Waals surface area contributed by atoms with E-state index in [4.69, 9.17) is 0 Å². The molecule has 1 fully saturated rings. The van der Waals surface area contributed by atoms with Crippen molar-refractivity contribution in [3.63, 3.8) is 0 Å². The maximum Gasteiger partial charge on any atom is 0.210 e. The first-order valence-electron chi connectivity index (χ1n) is 12.1. The van der Waals surface area contributed by atoms with Crippen LogP contribution in [0.1, 0.15) is 92.1 Å². The van der Waals surface area contributed by atoms with Crippen LogP contribution in [0.15, 0.2) is 53.7 Å². The van der Waals surface area contributed by atoms with Gasteiger partial charge in [-0.05, 0) is 42.0 Å². The number of hydrogen-bond donors (Lipinski definition) is 1. The Balaban J connectivity index is 1.47. The largest absolute Gasteiger partial charge is 0.313 e. The molecule has 0 radical (unpaired) electrons. The lowest BCUT2D eigenvalue weighted by Crippen LogP contribution is -2.40. The van der Waals surface area contributed by atoms with Crippen LogP contribution in [0.4, 0.5) is 4.39 Å². The molecule has 0 spiro atoms. The second kappa shape index (κ2) is 9.17. The van der Waals surface area contributed by atoms with Gasteiger partial charge in [0.2, 0.25) is 5.16 Å². The number of Topliss-reactive ketones (excluding diaryl/α,β-unsaturated/α-hetero) is 1. The van der Waals surface area contributed by atoms with E-state index in [9.17, 15) is 9.18 Å². The molecule has 34 heavy (non-hydrogen) atoms. The highest BCUT2D eigenvalue weighted by atomic mass is 32.2. The molecule has 2 aliphatic rings. The number of fused-ring (bicyclic) bond motifs is 1. The zero-order chi connectivity index (χ0) is 23.9. The number of aromatic nitrogens is 3. The molecule has 1 aromatic heterocycles. The molecule has 2 heterocycles. The summed E-state index contributed by atoms with van der Waals surface area (Å²) in [6.45, 7) is 6.23. The first-order chi connectivity index (χ1) is 16.3. The Hall–Kier alpha value is -2.67. The normalized spacial score (nSPS) is 21.1. The average Bonchev–Trinajstić information content (AvgIpc) is 3.28. The third-order valence-electron chi connectivity index (χ3n) is 6.87. The van der Waals surface area contributed by atoms with Crippen LogP contribution in [0.2, 0.25) is 0 Å². The number of halogens is 1. The second-order valence-corrected chi connectivity index (χ2v) is 11.5. The van der Waals surface area contributed by atoms with Gasteiger partial charge in [-0.3, -0.25) is 4.79 Å². The van der Waals surface area contributed by atoms with E-state index in [1.165, 1.54) is 61.6 Å². The summed E-state index contributed by atoms with van der Waals surface area (Å²) >= 11 is 1.42. The summed E-state index contributed by atoms with van der Waals surface area (Å²) in [5.74, 6) is 1.14. The van der Waals surface area contributed by atoms with Crippen LogP contribution in [0, 0.1) is 5.82 Å². The van der Waals surface area contributed by atoms with E-state index < -0.39 is 5.25 Å². The number of carbonyl (C=O) groups excluding carboxylic acids is 1. The lowest BCUT2D eigenvalue weighted by atomic mass is 9.83. The van der Waals surface area contributed by atoms with Gasteiger partial charge in [-0.1, -0.05) is 88.2 Å². The van der Waals surface area contributed by atoms with Crippen molar-refractivity contribution in [2.45, 2.75) is 80.7 Å². The van der Waals surface area contributed by atoms with Crippen molar-refractivity contribution in [2.24, 2.45) is 0 Å². The van der Waals surface area contributed by atoms with Gasteiger partial charge in [0.1, 0.15) is 11.1 Å². The van der Waals surface area contributed by atoms with E-state index in [2.05, 4.69) is 48.5 Å². The number of ketones is 1. The quantitative estimate of drug-likeness (QED) is 0.440. The van der Waals surface area contributed by atoms with Gasteiger partial charge in [0.05, 0.1) is 6.04 Å².